The normalized spacial score (nSPS) is 11.0. The van der Waals surface area contributed by atoms with Crippen molar-refractivity contribution in [1.82, 2.24) is 4.98 Å². The molecule has 0 saturated heterocycles. The van der Waals surface area contributed by atoms with E-state index in [1.807, 2.05) is 6.92 Å². The lowest BCUT2D eigenvalue weighted by atomic mass is 10.2. The summed E-state index contributed by atoms with van der Waals surface area (Å²) in [6, 6.07) is 15.5. The molecule has 3 aromatic rings. The average molecular weight is 472 g/mol. The summed E-state index contributed by atoms with van der Waals surface area (Å²) in [6.07, 6.45) is 1.56. The second-order valence-corrected chi connectivity index (χ2v) is 8.42. The molecule has 1 aromatic heterocycles. The van der Waals surface area contributed by atoms with E-state index < -0.39 is 10.0 Å². The number of rotatable bonds is 11. The molecular formula is C23H25N3O6S. The third-order valence-electron chi connectivity index (χ3n) is 4.39. The SMILES string of the molecule is CCOc1ccc(S(=O)(=O)Nc2ccc(C(=O)Nc3cccnc3OCCOC)cc2)cc1. The van der Waals surface area contributed by atoms with Crippen molar-refractivity contribution in [2.24, 2.45) is 0 Å². The van der Waals surface area contributed by atoms with Gasteiger partial charge in [0.1, 0.15) is 18.0 Å². The number of benzene rings is 2. The Morgan fingerprint density at radius 2 is 1.70 bits per heavy atom. The van der Waals surface area contributed by atoms with Gasteiger partial charge >= 0.3 is 0 Å². The van der Waals surface area contributed by atoms with Crippen molar-refractivity contribution < 1.29 is 27.4 Å². The second-order valence-electron chi connectivity index (χ2n) is 6.74. The minimum atomic E-state index is -3.78. The standard InChI is InChI=1S/C23H25N3O6S/c1-3-31-19-10-12-20(13-11-19)33(28,29)26-18-8-6-17(7-9-18)22(27)25-21-5-4-14-24-23(21)32-16-15-30-2/h4-14,26H,3,15-16H2,1-2H3,(H,25,27). The van der Waals surface area contributed by atoms with Crippen LogP contribution < -0.4 is 19.5 Å². The first-order chi connectivity index (χ1) is 15.9. The zero-order valence-electron chi connectivity index (χ0n) is 18.3. The predicted molar refractivity (Wildman–Crippen MR) is 124 cm³/mol. The van der Waals surface area contributed by atoms with Gasteiger partial charge in [-0.25, -0.2) is 13.4 Å². The first-order valence-corrected chi connectivity index (χ1v) is 11.6. The molecule has 10 heteroatoms. The lowest BCUT2D eigenvalue weighted by Gasteiger charge is -2.12. The molecule has 0 aliphatic rings. The van der Waals surface area contributed by atoms with E-state index in [4.69, 9.17) is 14.2 Å². The number of amides is 1. The summed E-state index contributed by atoms with van der Waals surface area (Å²) in [6.45, 7) is 3.02. The maximum Gasteiger partial charge on any atom is 0.261 e. The highest BCUT2D eigenvalue weighted by molar-refractivity contribution is 7.92. The van der Waals surface area contributed by atoms with Crippen molar-refractivity contribution in [3.05, 3.63) is 72.4 Å². The summed E-state index contributed by atoms with van der Waals surface area (Å²) in [5.41, 5.74) is 1.08. The van der Waals surface area contributed by atoms with Crippen LogP contribution in [0.25, 0.3) is 0 Å². The fraction of sp³-hybridized carbons (Fsp3) is 0.217. The number of methoxy groups -OCH3 is 1. The van der Waals surface area contributed by atoms with Gasteiger partial charge in [-0.05, 0) is 67.6 Å². The lowest BCUT2D eigenvalue weighted by molar-refractivity contribution is 0.102. The molecular weight excluding hydrogens is 446 g/mol. The first kappa shape index (κ1) is 24.0. The largest absolute Gasteiger partial charge is 0.494 e. The van der Waals surface area contributed by atoms with Crippen LogP contribution in [0.2, 0.25) is 0 Å². The Morgan fingerprint density at radius 3 is 2.36 bits per heavy atom. The molecule has 0 unspecified atom stereocenters. The summed E-state index contributed by atoms with van der Waals surface area (Å²) >= 11 is 0. The minimum Gasteiger partial charge on any atom is -0.494 e. The minimum absolute atomic E-state index is 0.102. The molecule has 174 valence electrons. The fourth-order valence-electron chi connectivity index (χ4n) is 2.80. The van der Waals surface area contributed by atoms with Gasteiger partial charge in [0.25, 0.3) is 15.9 Å². The molecule has 0 bridgehead atoms. The van der Waals surface area contributed by atoms with Crippen molar-refractivity contribution in [3.63, 3.8) is 0 Å². The van der Waals surface area contributed by atoms with Crippen LogP contribution in [0.1, 0.15) is 17.3 Å². The van der Waals surface area contributed by atoms with E-state index >= 15 is 0 Å². The Kier molecular flexibility index (Phi) is 8.22. The van der Waals surface area contributed by atoms with Crippen molar-refractivity contribution in [2.45, 2.75) is 11.8 Å². The molecule has 0 aliphatic heterocycles. The number of pyridine rings is 1. The molecule has 0 fully saturated rings. The van der Waals surface area contributed by atoms with Crippen LogP contribution in [0.15, 0.2) is 71.8 Å². The molecule has 3 rings (SSSR count). The third kappa shape index (κ3) is 6.67. The molecule has 2 aromatic carbocycles. The monoisotopic (exact) mass is 471 g/mol. The van der Waals surface area contributed by atoms with Gasteiger partial charge in [-0.1, -0.05) is 0 Å². The van der Waals surface area contributed by atoms with Crippen molar-refractivity contribution in [1.29, 1.82) is 0 Å². The van der Waals surface area contributed by atoms with Gasteiger partial charge in [-0.3, -0.25) is 9.52 Å². The quantitative estimate of drug-likeness (QED) is 0.411. The van der Waals surface area contributed by atoms with E-state index in [-0.39, 0.29) is 16.7 Å². The molecule has 1 heterocycles. The molecule has 0 spiro atoms. The number of nitrogens with zero attached hydrogens (tertiary/aromatic N) is 1. The Morgan fingerprint density at radius 1 is 0.970 bits per heavy atom. The van der Waals surface area contributed by atoms with E-state index in [9.17, 15) is 13.2 Å². The van der Waals surface area contributed by atoms with Crippen LogP contribution in [0, 0.1) is 0 Å². The van der Waals surface area contributed by atoms with Gasteiger partial charge < -0.3 is 19.5 Å². The topological polar surface area (TPSA) is 116 Å². The van der Waals surface area contributed by atoms with Gasteiger partial charge in [-0.15, -0.1) is 0 Å². The Balaban J connectivity index is 1.66. The Hall–Kier alpha value is -3.63. The second kappa shape index (κ2) is 11.3. The van der Waals surface area contributed by atoms with Crippen LogP contribution in [-0.4, -0.2) is 46.2 Å². The summed E-state index contributed by atoms with van der Waals surface area (Å²) < 4.78 is 43.5. The highest BCUT2D eigenvalue weighted by Crippen LogP contribution is 2.23. The van der Waals surface area contributed by atoms with E-state index in [1.54, 1.807) is 37.6 Å². The van der Waals surface area contributed by atoms with E-state index in [2.05, 4.69) is 15.0 Å². The van der Waals surface area contributed by atoms with Gasteiger partial charge in [0.05, 0.1) is 18.1 Å². The number of carbonyl (C=O) groups excluding carboxylic acids is 1. The Bertz CT molecular complexity index is 1170. The maximum atomic E-state index is 12.6. The lowest BCUT2D eigenvalue weighted by Crippen LogP contribution is -2.15. The van der Waals surface area contributed by atoms with Gasteiger partial charge in [-0.2, -0.15) is 0 Å². The van der Waals surface area contributed by atoms with Gasteiger partial charge in [0.2, 0.25) is 5.88 Å². The summed E-state index contributed by atoms with van der Waals surface area (Å²) in [5, 5.41) is 2.75. The van der Waals surface area contributed by atoms with Gasteiger partial charge in [0.15, 0.2) is 0 Å². The highest BCUT2D eigenvalue weighted by Gasteiger charge is 2.15. The molecule has 33 heavy (non-hydrogen) atoms. The Labute approximate surface area is 192 Å². The number of nitrogens with one attached hydrogen (secondary N) is 2. The number of hydrogen-bond donors (Lipinski definition) is 2. The number of sulfonamides is 1. The first-order valence-electron chi connectivity index (χ1n) is 10.2. The molecule has 0 radical (unpaired) electrons. The van der Waals surface area contributed by atoms with Crippen molar-refractivity contribution in [3.8, 4) is 11.6 Å². The smallest absolute Gasteiger partial charge is 0.261 e. The summed E-state index contributed by atoms with van der Waals surface area (Å²) in [5.74, 6) is 0.482. The molecule has 0 aliphatic carbocycles. The van der Waals surface area contributed by atoms with E-state index in [1.165, 1.54) is 36.4 Å². The number of anilines is 2. The predicted octanol–water partition coefficient (Wildman–Crippen LogP) is 3.56. The van der Waals surface area contributed by atoms with Gasteiger partial charge in [0, 0.05) is 24.6 Å². The number of carbonyl (C=O) groups is 1. The highest BCUT2D eigenvalue weighted by atomic mass is 32.2. The van der Waals surface area contributed by atoms with E-state index in [0.29, 0.717) is 42.5 Å². The number of hydrogen-bond acceptors (Lipinski definition) is 7. The molecule has 2 N–H and O–H groups in total. The van der Waals surface area contributed by atoms with Crippen LogP contribution in [0.4, 0.5) is 11.4 Å². The van der Waals surface area contributed by atoms with Crippen LogP contribution >= 0.6 is 0 Å². The number of aromatic nitrogens is 1. The molecule has 0 saturated carbocycles. The average Bonchev–Trinajstić information content (AvgIpc) is 2.81. The van der Waals surface area contributed by atoms with Crippen LogP contribution in [0.3, 0.4) is 0 Å². The summed E-state index contributed by atoms with van der Waals surface area (Å²) in [7, 11) is -2.22. The number of ether oxygens (including phenoxy) is 3. The molecule has 0 atom stereocenters. The van der Waals surface area contributed by atoms with Crippen molar-refractivity contribution >= 4 is 27.3 Å². The maximum absolute atomic E-state index is 12.6. The molecule has 1 amide bonds. The third-order valence-corrected chi connectivity index (χ3v) is 5.79. The van der Waals surface area contributed by atoms with E-state index in [0.717, 1.165) is 0 Å². The van der Waals surface area contributed by atoms with Crippen LogP contribution in [0.5, 0.6) is 11.6 Å². The fourth-order valence-corrected chi connectivity index (χ4v) is 3.86. The zero-order valence-corrected chi connectivity index (χ0v) is 19.1. The zero-order chi connectivity index (χ0) is 23.7. The van der Waals surface area contributed by atoms with Crippen LogP contribution in [-0.2, 0) is 14.8 Å². The summed E-state index contributed by atoms with van der Waals surface area (Å²) in [4.78, 5) is 16.9. The molecule has 9 nitrogen and oxygen atoms in total. The van der Waals surface area contributed by atoms with Crippen molar-refractivity contribution in [2.75, 3.05) is 37.0 Å².